The third-order valence-corrected chi connectivity index (χ3v) is 3.44. The zero-order chi connectivity index (χ0) is 11.1. The molecule has 1 aromatic carbocycles. The average Bonchev–Trinajstić information content (AvgIpc) is 2.22. The first-order valence-corrected chi connectivity index (χ1v) is 6.05. The molecular weight excluding hydrogens is 226 g/mol. The van der Waals surface area contributed by atoms with Crippen LogP contribution in [0.3, 0.4) is 0 Å². The number of hydrogen-bond donors (Lipinski definition) is 1. The summed E-state index contributed by atoms with van der Waals surface area (Å²) >= 11 is 7.81. The van der Waals surface area contributed by atoms with E-state index in [1.54, 1.807) is 11.8 Å². The van der Waals surface area contributed by atoms with Crippen LogP contribution in [0.15, 0.2) is 29.2 Å². The minimum atomic E-state index is 0.457. The molecule has 0 aliphatic heterocycles. The standard InChI is InChI=1S/C12H14ClNS/c1-3-8-14-9-10(2)15-12-7-5-4-6-11(12)13/h1,4-7,10,14H,8-9H2,2H3. The van der Waals surface area contributed by atoms with Gasteiger partial charge in [0.1, 0.15) is 0 Å². The van der Waals surface area contributed by atoms with Gasteiger partial charge in [-0.1, -0.05) is 36.6 Å². The zero-order valence-corrected chi connectivity index (χ0v) is 10.2. The molecular formula is C12H14ClNS. The van der Waals surface area contributed by atoms with E-state index < -0.39 is 0 Å². The summed E-state index contributed by atoms with van der Waals surface area (Å²) in [5.74, 6) is 2.55. The minimum absolute atomic E-state index is 0.457. The highest BCUT2D eigenvalue weighted by atomic mass is 35.5. The molecule has 0 saturated carbocycles. The van der Waals surface area contributed by atoms with Gasteiger partial charge in [0.25, 0.3) is 0 Å². The van der Waals surface area contributed by atoms with Crippen molar-refractivity contribution in [1.29, 1.82) is 0 Å². The monoisotopic (exact) mass is 239 g/mol. The topological polar surface area (TPSA) is 12.0 Å². The van der Waals surface area contributed by atoms with Gasteiger partial charge in [0.2, 0.25) is 0 Å². The first-order chi connectivity index (χ1) is 7.24. The van der Waals surface area contributed by atoms with E-state index in [0.29, 0.717) is 11.8 Å². The SMILES string of the molecule is C#CCNCC(C)Sc1ccccc1Cl. The number of benzene rings is 1. The van der Waals surface area contributed by atoms with Crippen LogP contribution >= 0.6 is 23.4 Å². The van der Waals surface area contributed by atoms with Crippen LogP contribution in [-0.2, 0) is 0 Å². The fourth-order valence-corrected chi connectivity index (χ4v) is 2.39. The number of rotatable bonds is 5. The Morgan fingerprint density at radius 1 is 1.53 bits per heavy atom. The lowest BCUT2D eigenvalue weighted by atomic mass is 10.4. The normalized spacial score (nSPS) is 12.1. The van der Waals surface area contributed by atoms with Crippen LogP contribution in [0, 0.1) is 12.3 Å². The molecule has 0 radical (unpaired) electrons. The number of terminal acetylenes is 1. The lowest BCUT2D eigenvalue weighted by Gasteiger charge is -2.11. The summed E-state index contributed by atoms with van der Waals surface area (Å²) in [5.41, 5.74) is 0. The number of halogens is 1. The first kappa shape index (κ1) is 12.4. The molecule has 0 saturated heterocycles. The second kappa shape index (κ2) is 6.79. The Kier molecular flexibility index (Phi) is 5.63. The van der Waals surface area contributed by atoms with Crippen LogP contribution in [0.5, 0.6) is 0 Å². The fourth-order valence-electron chi connectivity index (χ4n) is 1.15. The Bertz CT molecular complexity index is 346. The minimum Gasteiger partial charge on any atom is -0.305 e. The van der Waals surface area contributed by atoms with Gasteiger partial charge < -0.3 is 5.32 Å². The third-order valence-electron chi connectivity index (χ3n) is 1.82. The number of hydrogen-bond acceptors (Lipinski definition) is 2. The Balaban J connectivity index is 2.41. The number of thioether (sulfide) groups is 1. The van der Waals surface area contributed by atoms with Crippen molar-refractivity contribution < 1.29 is 0 Å². The van der Waals surface area contributed by atoms with Crippen LogP contribution in [-0.4, -0.2) is 18.3 Å². The van der Waals surface area contributed by atoms with Gasteiger partial charge in [0, 0.05) is 16.7 Å². The summed E-state index contributed by atoms with van der Waals surface area (Å²) in [7, 11) is 0. The van der Waals surface area contributed by atoms with Gasteiger partial charge >= 0.3 is 0 Å². The third kappa shape index (κ3) is 4.61. The van der Waals surface area contributed by atoms with Crippen molar-refractivity contribution in [2.45, 2.75) is 17.1 Å². The lowest BCUT2D eigenvalue weighted by Crippen LogP contribution is -2.22. The van der Waals surface area contributed by atoms with Gasteiger partial charge in [-0.2, -0.15) is 0 Å². The molecule has 0 heterocycles. The molecule has 0 aliphatic rings. The summed E-state index contributed by atoms with van der Waals surface area (Å²) in [4.78, 5) is 1.12. The summed E-state index contributed by atoms with van der Waals surface area (Å²) in [6.45, 7) is 3.66. The van der Waals surface area contributed by atoms with Gasteiger partial charge in [0.05, 0.1) is 11.6 Å². The fraction of sp³-hybridized carbons (Fsp3) is 0.333. The molecule has 3 heteroatoms. The second-order valence-corrected chi connectivity index (χ2v) is 5.08. The van der Waals surface area contributed by atoms with Crippen molar-refractivity contribution in [3.8, 4) is 12.3 Å². The largest absolute Gasteiger partial charge is 0.305 e. The van der Waals surface area contributed by atoms with Crippen molar-refractivity contribution in [3.05, 3.63) is 29.3 Å². The van der Waals surface area contributed by atoms with Gasteiger partial charge in [-0.3, -0.25) is 0 Å². The molecule has 0 amide bonds. The Hall–Kier alpha value is -0.620. The highest BCUT2D eigenvalue weighted by Gasteiger charge is 2.06. The van der Waals surface area contributed by atoms with E-state index in [9.17, 15) is 0 Å². The molecule has 1 atom stereocenters. The molecule has 80 valence electrons. The second-order valence-electron chi connectivity index (χ2n) is 3.19. The maximum absolute atomic E-state index is 6.06. The molecule has 1 unspecified atom stereocenters. The molecule has 0 aromatic heterocycles. The first-order valence-electron chi connectivity index (χ1n) is 4.79. The van der Waals surface area contributed by atoms with E-state index in [0.717, 1.165) is 16.5 Å². The Labute approximate surface area is 101 Å². The molecule has 1 rings (SSSR count). The van der Waals surface area contributed by atoms with Gasteiger partial charge in [-0.25, -0.2) is 0 Å². The lowest BCUT2D eigenvalue weighted by molar-refractivity contribution is 0.748. The van der Waals surface area contributed by atoms with Crippen molar-refractivity contribution in [1.82, 2.24) is 5.32 Å². The summed E-state index contributed by atoms with van der Waals surface area (Å²) in [5, 5.41) is 4.44. The maximum atomic E-state index is 6.06. The molecule has 0 bridgehead atoms. The van der Waals surface area contributed by atoms with Gasteiger partial charge in [0.15, 0.2) is 0 Å². The van der Waals surface area contributed by atoms with Crippen LogP contribution < -0.4 is 5.32 Å². The van der Waals surface area contributed by atoms with Crippen LogP contribution in [0.4, 0.5) is 0 Å². The van der Waals surface area contributed by atoms with E-state index in [-0.39, 0.29) is 0 Å². The molecule has 15 heavy (non-hydrogen) atoms. The van der Waals surface area contributed by atoms with Crippen LogP contribution in [0.2, 0.25) is 5.02 Å². The maximum Gasteiger partial charge on any atom is 0.0574 e. The quantitative estimate of drug-likeness (QED) is 0.482. The molecule has 1 N–H and O–H groups in total. The van der Waals surface area contributed by atoms with Crippen molar-refractivity contribution in [3.63, 3.8) is 0 Å². The predicted molar refractivity (Wildman–Crippen MR) is 68.5 cm³/mol. The summed E-state index contributed by atoms with van der Waals surface area (Å²) in [6.07, 6.45) is 5.15. The van der Waals surface area contributed by atoms with E-state index in [1.807, 2.05) is 24.3 Å². The van der Waals surface area contributed by atoms with Crippen molar-refractivity contribution >= 4 is 23.4 Å². The Morgan fingerprint density at radius 2 is 2.27 bits per heavy atom. The molecule has 0 aliphatic carbocycles. The van der Waals surface area contributed by atoms with E-state index in [2.05, 4.69) is 18.2 Å². The highest BCUT2D eigenvalue weighted by molar-refractivity contribution is 8.00. The Morgan fingerprint density at radius 3 is 2.93 bits per heavy atom. The van der Waals surface area contributed by atoms with Gasteiger partial charge in [-0.05, 0) is 12.1 Å². The van der Waals surface area contributed by atoms with E-state index in [4.69, 9.17) is 18.0 Å². The zero-order valence-electron chi connectivity index (χ0n) is 8.66. The average molecular weight is 240 g/mol. The predicted octanol–water partition coefficient (Wildman–Crippen LogP) is 3.04. The summed E-state index contributed by atoms with van der Waals surface area (Å²) in [6, 6.07) is 7.87. The smallest absolute Gasteiger partial charge is 0.0574 e. The van der Waals surface area contributed by atoms with E-state index in [1.165, 1.54) is 0 Å². The highest BCUT2D eigenvalue weighted by Crippen LogP contribution is 2.29. The number of nitrogens with one attached hydrogen (secondary N) is 1. The van der Waals surface area contributed by atoms with Crippen LogP contribution in [0.25, 0.3) is 0 Å². The molecule has 1 aromatic rings. The van der Waals surface area contributed by atoms with Crippen LogP contribution in [0.1, 0.15) is 6.92 Å². The van der Waals surface area contributed by atoms with Crippen molar-refractivity contribution in [2.24, 2.45) is 0 Å². The molecule has 0 fully saturated rings. The van der Waals surface area contributed by atoms with Crippen molar-refractivity contribution in [2.75, 3.05) is 13.1 Å². The summed E-state index contributed by atoms with van der Waals surface area (Å²) < 4.78 is 0. The molecule has 1 nitrogen and oxygen atoms in total. The molecule has 0 spiro atoms. The van der Waals surface area contributed by atoms with E-state index >= 15 is 0 Å². The van der Waals surface area contributed by atoms with Gasteiger partial charge in [-0.15, -0.1) is 18.2 Å².